The Morgan fingerprint density at radius 2 is 1.91 bits per heavy atom. The first-order chi connectivity index (χ1) is 10.4. The second kappa shape index (κ2) is 6.82. The second-order valence-electron chi connectivity index (χ2n) is 7.91. The molecule has 1 aromatic rings. The van der Waals surface area contributed by atoms with Crippen LogP contribution in [0.3, 0.4) is 0 Å². The molecule has 0 bridgehead atoms. The zero-order chi connectivity index (χ0) is 15.8. The number of hydrogen-bond acceptors (Lipinski definition) is 2. The van der Waals surface area contributed by atoms with Crippen LogP contribution in [0.15, 0.2) is 30.3 Å². The number of hydrogen-bond donors (Lipinski definition) is 1. The van der Waals surface area contributed by atoms with Gasteiger partial charge in [-0.3, -0.25) is 4.79 Å². The molecule has 0 radical (unpaired) electrons. The molecular formula is C19H29ClN2O. The van der Waals surface area contributed by atoms with Crippen molar-refractivity contribution in [2.24, 2.45) is 16.6 Å². The molecule has 23 heavy (non-hydrogen) atoms. The minimum absolute atomic E-state index is 0. The van der Waals surface area contributed by atoms with Crippen LogP contribution in [-0.4, -0.2) is 29.9 Å². The van der Waals surface area contributed by atoms with Crippen LogP contribution in [-0.2, 0) is 11.2 Å². The molecule has 2 aliphatic rings. The molecule has 0 spiro atoms. The van der Waals surface area contributed by atoms with Crippen LogP contribution in [0.5, 0.6) is 0 Å². The molecule has 1 heterocycles. The van der Waals surface area contributed by atoms with Crippen molar-refractivity contribution in [3.63, 3.8) is 0 Å². The summed E-state index contributed by atoms with van der Waals surface area (Å²) in [7, 11) is 0. The third kappa shape index (κ3) is 3.56. The average molecular weight is 337 g/mol. The number of likely N-dealkylation sites (tertiary alicyclic amines) is 1. The van der Waals surface area contributed by atoms with Gasteiger partial charge in [-0.05, 0) is 36.7 Å². The lowest BCUT2D eigenvalue weighted by Crippen LogP contribution is -2.58. The van der Waals surface area contributed by atoms with Gasteiger partial charge in [0.15, 0.2) is 0 Å². The van der Waals surface area contributed by atoms with E-state index < -0.39 is 0 Å². The first kappa shape index (κ1) is 18.3. The van der Waals surface area contributed by atoms with Gasteiger partial charge in [0.05, 0.1) is 5.41 Å². The summed E-state index contributed by atoms with van der Waals surface area (Å²) in [5.74, 6) is 0.363. The first-order valence-electron chi connectivity index (χ1n) is 8.52. The smallest absolute Gasteiger partial charge is 0.229 e. The third-order valence-corrected chi connectivity index (χ3v) is 5.75. The van der Waals surface area contributed by atoms with Crippen LogP contribution in [0, 0.1) is 10.8 Å². The van der Waals surface area contributed by atoms with E-state index in [2.05, 4.69) is 43.0 Å². The van der Waals surface area contributed by atoms with E-state index in [1.54, 1.807) is 0 Å². The van der Waals surface area contributed by atoms with Crippen molar-refractivity contribution in [2.45, 2.75) is 52.0 Å². The Bertz CT molecular complexity index is 540. The quantitative estimate of drug-likeness (QED) is 0.919. The highest BCUT2D eigenvalue weighted by atomic mass is 35.5. The van der Waals surface area contributed by atoms with E-state index in [0.29, 0.717) is 5.91 Å². The van der Waals surface area contributed by atoms with Gasteiger partial charge in [-0.2, -0.15) is 0 Å². The second-order valence-corrected chi connectivity index (χ2v) is 7.91. The van der Waals surface area contributed by atoms with Crippen LogP contribution in [0.4, 0.5) is 0 Å². The lowest BCUT2D eigenvalue weighted by atomic mass is 9.64. The molecule has 3 nitrogen and oxygen atoms in total. The standard InChI is InChI=1S/C19H28N2O.ClH/c1-18(2)14-21(12-9-16(18)20)17(22)19(10-6-11-19)13-15-7-4-3-5-8-15;/h3-5,7-8,16H,6,9-14,20H2,1-2H3;1H. The van der Waals surface area contributed by atoms with Gasteiger partial charge in [-0.15, -0.1) is 12.4 Å². The third-order valence-electron chi connectivity index (χ3n) is 5.75. The van der Waals surface area contributed by atoms with Crippen LogP contribution in [0.25, 0.3) is 0 Å². The normalized spacial score (nSPS) is 25.2. The van der Waals surface area contributed by atoms with Crippen molar-refractivity contribution in [1.82, 2.24) is 4.90 Å². The number of rotatable bonds is 3. The Kier molecular flexibility index (Phi) is 5.42. The topological polar surface area (TPSA) is 46.3 Å². The van der Waals surface area contributed by atoms with Crippen LogP contribution in [0.1, 0.15) is 45.1 Å². The van der Waals surface area contributed by atoms with Crippen molar-refractivity contribution in [2.75, 3.05) is 13.1 Å². The predicted molar refractivity (Wildman–Crippen MR) is 96.6 cm³/mol. The summed E-state index contributed by atoms with van der Waals surface area (Å²) >= 11 is 0. The van der Waals surface area contributed by atoms with E-state index in [0.717, 1.165) is 38.8 Å². The zero-order valence-electron chi connectivity index (χ0n) is 14.3. The van der Waals surface area contributed by atoms with Crippen LogP contribution in [0.2, 0.25) is 0 Å². The fourth-order valence-electron chi connectivity index (χ4n) is 3.94. The van der Waals surface area contributed by atoms with E-state index >= 15 is 0 Å². The molecule has 1 amide bonds. The maximum Gasteiger partial charge on any atom is 0.229 e. The number of carbonyl (C=O) groups excluding carboxylic acids is 1. The number of nitrogens with zero attached hydrogens (tertiary/aromatic N) is 1. The average Bonchev–Trinajstić information content (AvgIpc) is 2.46. The summed E-state index contributed by atoms with van der Waals surface area (Å²) in [4.78, 5) is 15.3. The molecule has 1 aromatic carbocycles. The first-order valence-corrected chi connectivity index (χ1v) is 8.52. The van der Waals surface area contributed by atoms with E-state index in [1.807, 2.05) is 6.07 Å². The number of piperidine rings is 1. The van der Waals surface area contributed by atoms with Crippen LogP contribution < -0.4 is 5.73 Å². The van der Waals surface area contributed by atoms with E-state index in [4.69, 9.17) is 5.73 Å². The Labute approximate surface area is 146 Å². The van der Waals surface area contributed by atoms with Gasteiger partial charge in [0.2, 0.25) is 5.91 Å². The van der Waals surface area contributed by atoms with Crippen molar-refractivity contribution >= 4 is 18.3 Å². The van der Waals surface area contributed by atoms with Crippen molar-refractivity contribution in [1.29, 1.82) is 0 Å². The number of amides is 1. The minimum atomic E-state index is -0.154. The molecule has 0 aromatic heterocycles. The lowest BCUT2D eigenvalue weighted by molar-refractivity contribution is -0.151. The van der Waals surface area contributed by atoms with Gasteiger partial charge >= 0.3 is 0 Å². The van der Waals surface area contributed by atoms with Crippen molar-refractivity contribution in [3.8, 4) is 0 Å². The van der Waals surface area contributed by atoms with Crippen molar-refractivity contribution in [3.05, 3.63) is 35.9 Å². The van der Waals surface area contributed by atoms with Gasteiger partial charge < -0.3 is 10.6 Å². The Morgan fingerprint density at radius 3 is 2.43 bits per heavy atom. The summed E-state index contributed by atoms with van der Waals surface area (Å²) in [6.07, 6.45) is 5.04. The Hall–Kier alpha value is -1.06. The number of halogens is 1. The molecule has 1 aliphatic heterocycles. The summed E-state index contributed by atoms with van der Waals surface area (Å²) in [5, 5.41) is 0. The maximum absolute atomic E-state index is 13.2. The van der Waals surface area contributed by atoms with Crippen molar-refractivity contribution < 1.29 is 4.79 Å². The van der Waals surface area contributed by atoms with Gasteiger partial charge in [0.1, 0.15) is 0 Å². The molecule has 1 atom stereocenters. The van der Waals surface area contributed by atoms with Gasteiger partial charge in [0, 0.05) is 19.1 Å². The summed E-state index contributed by atoms with van der Waals surface area (Å²) in [6, 6.07) is 10.6. The molecule has 1 unspecified atom stereocenters. The molecule has 128 valence electrons. The van der Waals surface area contributed by atoms with E-state index in [9.17, 15) is 4.79 Å². The summed E-state index contributed by atoms with van der Waals surface area (Å²) in [6.45, 7) is 5.98. The molecule has 1 aliphatic carbocycles. The minimum Gasteiger partial charge on any atom is -0.342 e. The molecule has 3 rings (SSSR count). The summed E-state index contributed by atoms with van der Waals surface area (Å²) in [5.41, 5.74) is 7.36. The zero-order valence-corrected chi connectivity index (χ0v) is 15.1. The highest BCUT2D eigenvalue weighted by Gasteiger charge is 2.48. The van der Waals surface area contributed by atoms with Gasteiger partial charge in [-0.25, -0.2) is 0 Å². The fourth-order valence-corrected chi connectivity index (χ4v) is 3.94. The lowest BCUT2D eigenvalue weighted by Gasteiger charge is -2.49. The molecule has 4 heteroatoms. The number of benzene rings is 1. The highest BCUT2D eigenvalue weighted by Crippen LogP contribution is 2.46. The molecule has 1 saturated heterocycles. The molecule has 1 saturated carbocycles. The Balaban J connectivity index is 0.00000192. The molecule has 2 N–H and O–H groups in total. The summed E-state index contributed by atoms with van der Waals surface area (Å²) < 4.78 is 0. The predicted octanol–water partition coefficient (Wildman–Crippen LogP) is 3.41. The maximum atomic E-state index is 13.2. The number of carbonyl (C=O) groups is 1. The van der Waals surface area contributed by atoms with Crippen LogP contribution >= 0.6 is 12.4 Å². The van der Waals surface area contributed by atoms with Gasteiger partial charge in [0.25, 0.3) is 0 Å². The fraction of sp³-hybridized carbons (Fsp3) is 0.632. The highest BCUT2D eigenvalue weighted by molar-refractivity contribution is 5.85. The monoisotopic (exact) mass is 336 g/mol. The largest absolute Gasteiger partial charge is 0.342 e. The Morgan fingerprint density at radius 1 is 1.26 bits per heavy atom. The SMILES string of the molecule is CC1(C)CN(C(=O)C2(Cc3ccccc3)CCC2)CCC1N.Cl. The molecule has 2 fully saturated rings. The molecular weight excluding hydrogens is 308 g/mol. The number of nitrogens with two attached hydrogens (primary N) is 1. The van der Waals surface area contributed by atoms with E-state index in [1.165, 1.54) is 12.0 Å². The van der Waals surface area contributed by atoms with Gasteiger partial charge in [-0.1, -0.05) is 50.6 Å². The van der Waals surface area contributed by atoms with E-state index in [-0.39, 0.29) is 29.3 Å².